The van der Waals surface area contributed by atoms with Gasteiger partial charge in [-0.25, -0.2) is 4.79 Å². The maximum absolute atomic E-state index is 11.8. The van der Waals surface area contributed by atoms with Crippen molar-refractivity contribution in [1.82, 2.24) is 0 Å². The van der Waals surface area contributed by atoms with Gasteiger partial charge in [0.2, 0.25) is 5.91 Å². The number of ketones is 1. The van der Waals surface area contributed by atoms with Crippen LogP contribution in [-0.4, -0.2) is 22.8 Å². The number of anilines is 2. The van der Waals surface area contributed by atoms with Gasteiger partial charge in [0.1, 0.15) is 0 Å². The second kappa shape index (κ2) is 7.79. The second-order valence-corrected chi connectivity index (χ2v) is 5.77. The van der Waals surface area contributed by atoms with Gasteiger partial charge < -0.3 is 15.7 Å². The number of carboxylic acids is 1. The number of carboxylic acid groups (broad SMARTS) is 1. The lowest BCUT2D eigenvalue weighted by atomic mass is 9.96. The Labute approximate surface area is 144 Å². The number of carbonyl (C=O) groups is 3. The Morgan fingerprint density at radius 1 is 1.25 bits per heavy atom. The molecule has 1 amide bonds. The Morgan fingerprint density at radius 3 is 2.71 bits per heavy atom. The van der Waals surface area contributed by atoms with Gasteiger partial charge in [-0.1, -0.05) is 11.6 Å². The molecule has 0 atom stereocenters. The van der Waals surface area contributed by atoms with E-state index in [4.69, 9.17) is 16.7 Å². The van der Waals surface area contributed by atoms with E-state index in [1.54, 1.807) is 25.1 Å². The smallest absolute Gasteiger partial charge is 0.328 e. The van der Waals surface area contributed by atoms with Crippen LogP contribution in [0.4, 0.5) is 11.4 Å². The number of allylic oxidation sites excluding steroid dienone is 2. The zero-order valence-corrected chi connectivity index (χ0v) is 13.8. The van der Waals surface area contributed by atoms with E-state index >= 15 is 0 Å². The first-order valence-electron chi connectivity index (χ1n) is 7.38. The van der Waals surface area contributed by atoms with Gasteiger partial charge in [0, 0.05) is 35.5 Å². The van der Waals surface area contributed by atoms with Crippen LogP contribution in [-0.2, 0) is 14.4 Å². The van der Waals surface area contributed by atoms with Crippen LogP contribution in [0.25, 0.3) is 0 Å². The van der Waals surface area contributed by atoms with Crippen LogP contribution in [0.1, 0.15) is 26.2 Å². The third-order valence-electron chi connectivity index (χ3n) is 3.60. The fourth-order valence-electron chi connectivity index (χ4n) is 2.32. The van der Waals surface area contributed by atoms with Crippen LogP contribution in [0.2, 0.25) is 5.02 Å². The Bertz CT molecular complexity index is 753. The summed E-state index contributed by atoms with van der Waals surface area (Å²) in [6.45, 7) is 1.78. The van der Waals surface area contributed by atoms with Crippen molar-refractivity contribution in [1.29, 1.82) is 0 Å². The summed E-state index contributed by atoms with van der Waals surface area (Å²) in [5.41, 5.74) is 2.54. The van der Waals surface area contributed by atoms with Crippen molar-refractivity contribution < 1.29 is 19.5 Å². The highest BCUT2D eigenvalue weighted by Gasteiger charge is 2.17. The fraction of sp³-hybridized carbons (Fsp3) is 0.235. The average Bonchev–Trinajstić information content (AvgIpc) is 2.53. The molecule has 7 heteroatoms. The van der Waals surface area contributed by atoms with E-state index in [2.05, 4.69) is 10.6 Å². The highest BCUT2D eigenvalue weighted by Crippen LogP contribution is 2.30. The molecule has 0 saturated heterocycles. The van der Waals surface area contributed by atoms with Gasteiger partial charge in [-0.05, 0) is 38.0 Å². The molecule has 2 rings (SSSR count). The predicted molar refractivity (Wildman–Crippen MR) is 92.0 cm³/mol. The van der Waals surface area contributed by atoms with Gasteiger partial charge in [-0.15, -0.1) is 0 Å². The number of nitrogens with one attached hydrogen (secondary N) is 2. The molecule has 3 N–H and O–H groups in total. The third-order valence-corrected chi connectivity index (χ3v) is 3.93. The van der Waals surface area contributed by atoms with E-state index in [0.717, 1.165) is 30.7 Å². The molecule has 6 nitrogen and oxygen atoms in total. The number of rotatable bonds is 5. The van der Waals surface area contributed by atoms with Crippen LogP contribution >= 0.6 is 11.6 Å². The van der Waals surface area contributed by atoms with Crippen LogP contribution in [0.5, 0.6) is 0 Å². The number of carbonyl (C=O) groups excluding carboxylic acids is 2. The summed E-state index contributed by atoms with van der Waals surface area (Å²) < 4.78 is 0. The SMILES string of the molecule is CC1=C(Nc2cc(NC(=O)C=CC(=O)O)ccc2Cl)CCCC1=O. The molecule has 1 aromatic rings. The van der Waals surface area contributed by atoms with Crippen LogP contribution in [0.3, 0.4) is 0 Å². The van der Waals surface area contributed by atoms with Crippen molar-refractivity contribution >= 4 is 40.6 Å². The molecule has 0 bridgehead atoms. The first-order chi connectivity index (χ1) is 11.4. The van der Waals surface area contributed by atoms with Crippen LogP contribution in [0, 0.1) is 0 Å². The molecule has 0 aromatic heterocycles. The molecule has 1 aliphatic rings. The molecular formula is C17H17ClN2O4. The normalized spacial score (nSPS) is 14.8. The minimum atomic E-state index is -1.20. The summed E-state index contributed by atoms with van der Waals surface area (Å²) in [4.78, 5) is 33.8. The molecule has 1 aliphatic carbocycles. The topological polar surface area (TPSA) is 95.5 Å². The monoisotopic (exact) mass is 348 g/mol. The highest BCUT2D eigenvalue weighted by atomic mass is 35.5. The van der Waals surface area contributed by atoms with Crippen molar-refractivity contribution in [2.45, 2.75) is 26.2 Å². The number of halogens is 1. The minimum absolute atomic E-state index is 0.114. The zero-order valence-electron chi connectivity index (χ0n) is 13.1. The molecule has 0 radical (unpaired) electrons. The number of aliphatic carboxylic acids is 1. The van der Waals surface area contributed by atoms with Gasteiger partial charge >= 0.3 is 5.97 Å². The number of benzene rings is 1. The van der Waals surface area contributed by atoms with E-state index in [-0.39, 0.29) is 5.78 Å². The lowest BCUT2D eigenvalue weighted by molar-refractivity contribution is -0.131. The average molecular weight is 349 g/mol. The zero-order chi connectivity index (χ0) is 17.7. The summed E-state index contributed by atoms with van der Waals surface area (Å²) in [7, 11) is 0. The summed E-state index contributed by atoms with van der Waals surface area (Å²) in [6, 6.07) is 4.85. The molecule has 0 unspecified atom stereocenters. The third kappa shape index (κ3) is 4.70. The van der Waals surface area contributed by atoms with Crippen molar-refractivity contribution in [3.63, 3.8) is 0 Å². The standard InChI is InChI=1S/C17H17ClN2O4/c1-10-13(3-2-4-15(10)21)20-14-9-11(5-6-12(14)18)19-16(22)7-8-17(23)24/h5-9,20H,2-4H2,1H3,(H,19,22)(H,23,24). The maximum Gasteiger partial charge on any atom is 0.328 e. The van der Waals surface area contributed by atoms with Gasteiger partial charge in [0.25, 0.3) is 0 Å². The van der Waals surface area contributed by atoms with E-state index in [1.165, 1.54) is 0 Å². The number of amides is 1. The fourth-order valence-corrected chi connectivity index (χ4v) is 2.48. The molecule has 0 fully saturated rings. The molecule has 1 aromatic carbocycles. The largest absolute Gasteiger partial charge is 0.478 e. The summed E-state index contributed by atoms with van der Waals surface area (Å²) >= 11 is 6.16. The first kappa shape index (κ1) is 17.7. The van der Waals surface area contributed by atoms with Crippen LogP contribution in [0.15, 0.2) is 41.6 Å². The quantitative estimate of drug-likeness (QED) is 0.709. The molecule has 0 spiro atoms. The highest BCUT2D eigenvalue weighted by molar-refractivity contribution is 6.33. The summed E-state index contributed by atoms with van der Waals surface area (Å²) in [5, 5.41) is 14.7. The Hall–Kier alpha value is -2.60. The van der Waals surface area contributed by atoms with E-state index in [0.29, 0.717) is 28.4 Å². The minimum Gasteiger partial charge on any atom is -0.478 e. The molecule has 24 heavy (non-hydrogen) atoms. The molecule has 0 saturated carbocycles. The van der Waals surface area contributed by atoms with Crippen molar-refractivity contribution in [3.05, 3.63) is 46.6 Å². The van der Waals surface area contributed by atoms with E-state index < -0.39 is 11.9 Å². The predicted octanol–water partition coefficient (Wildman–Crippen LogP) is 3.36. The van der Waals surface area contributed by atoms with Crippen molar-refractivity contribution in [2.75, 3.05) is 10.6 Å². The Kier molecular flexibility index (Phi) is 5.76. The maximum atomic E-state index is 11.8. The molecule has 0 aliphatic heterocycles. The van der Waals surface area contributed by atoms with Gasteiger partial charge in [-0.2, -0.15) is 0 Å². The van der Waals surface area contributed by atoms with Gasteiger partial charge in [0.05, 0.1) is 10.7 Å². The van der Waals surface area contributed by atoms with E-state index in [1.807, 2.05) is 0 Å². The van der Waals surface area contributed by atoms with Crippen molar-refractivity contribution in [2.24, 2.45) is 0 Å². The lowest BCUT2D eigenvalue weighted by Crippen LogP contribution is -2.15. The number of hydrogen-bond donors (Lipinski definition) is 3. The number of hydrogen-bond acceptors (Lipinski definition) is 4. The van der Waals surface area contributed by atoms with Crippen LogP contribution < -0.4 is 10.6 Å². The van der Waals surface area contributed by atoms with Gasteiger partial charge in [-0.3, -0.25) is 9.59 Å². The summed E-state index contributed by atoms with van der Waals surface area (Å²) in [6.07, 6.45) is 3.78. The van der Waals surface area contributed by atoms with Crippen molar-refractivity contribution in [3.8, 4) is 0 Å². The molecule has 0 heterocycles. The second-order valence-electron chi connectivity index (χ2n) is 5.36. The first-order valence-corrected chi connectivity index (χ1v) is 7.76. The Balaban J connectivity index is 2.17. The summed E-state index contributed by atoms with van der Waals surface area (Å²) in [5.74, 6) is -1.65. The van der Waals surface area contributed by atoms with E-state index in [9.17, 15) is 14.4 Å². The molecule has 126 valence electrons. The number of Topliss-reactive ketones (excluding diaryl/α,β-unsaturated/α-hetero) is 1. The van der Waals surface area contributed by atoms with Gasteiger partial charge in [0.15, 0.2) is 5.78 Å². The lowest BCUT2D eigenvalue weighted by Gasteiger charge is -2.19. The Morgan fingerprint density at radius 2 is 2.00 bits per heavy atom. The molecular weight excluding hydrogens is 332 g/mol.